The second-order valence-corrected chi connectivity index (χ2v) is 11.1. The van der Waals surface area contributed by atoms with Gasteiger partial charge in [0.25, 0.3) is 0 Å². The average molecular weight is 239 g/mol. The van der Waals surface area contributed by atoms with Crippen molar-refractivity contribution in [2.24, 2.45) is 0 Å². The summed E-state index contributed by atoms with van der Waals surface area (Å²) in [5.41, 5.74) is 1.46. The number of carbonyl (C=O) groups excluding carboxylic acids is 1. The summed E-state index contributed by atoms with van der Waals surface area (Å²) in [7, 11) is -1.25. The Balaban J connectivity index is 2.39. The molecule has 1 unspecified atom stereocenters. The van der Waals surface area contributed by atoms with Crippen LogP contribution in [0.25, 0.3) is 0 Å². The molecule has 0 bridgehead atoms. The highest BCUT2D eigenvalue weighted by Gasteiger charge is 2.41. The Hall–Kier alpha value is -0.573. The number of hydrogen-bond donors (Lipinski definition) is 1. The maximum atomic E-state index is 11.5. The Labute approximate surface area is 101 Å². The fraction of sp³-hybridized carbons (Fsp3) is 0.769. The smallest absolute Gasteiger partial charge is 0.248 e. The summed E-state index contributed by atoms with van der Waals surface area (Å²) >= 11 is 0. The van der Waals surface area contributed by atoms with E-state index in [1.165, 1.54) is 25.7 Å². The predicted molar refractivity (Wildman–Crippen MR) is 72.1 cm³/mol. The van der Waals surface area contributed by atoms with Crippen LogP contribution in [-0.4, -0.2) is 19.6 Å². The van der Waals surface area contributed by atoms with Gasteiger partial charge in [0.05, 0.1) is 13.7 Å². The highest BCUT2D eigenvalue weighted by molar-refractivity contribution is 6.79. The van der Waals surface area contributed by atoms with Crippen molar-refractivity contribution in [3.63, 3.8) is 0 Å². The minimum absolute atomic E-state index is 0.169. The number of unbranched alkanes of at least 4 members (excludes halogenated alkanes) is 4. The van der Waals surface area contributed by atoms with Gasteiger partial charge in [0.2, 0.25) is 5.91 Å². The van der Waals surface area contributed by atoms with E-state index in [9.17, 15) is 4.79 Å². The van der Waals surface area contributed by atoms with E-state index in [0.717, 1.165) is 12.0 Å². The Kier molecular flexibility index (Phi) is 4.78. The molecule has 3 heteroatoms. The number of amides is 1. The second kappa shape index (κ2) is 5.67. The van der Waals surface area contributed by atoms with E-state index >= 15 is 0 Å². The van der Waals surface area contributed by atoms with Crippen molar-refractivity contribution in [3.05, 3.63) is 11.6 Å². The molecule has 1 atom stereocenters. The lowest BCUT2D eigenvalue weighted by Gasteiger charge is -2.39. The normalized spacial score (nSPS) is 23.1. The lowest BCUT2D eigenvalue weighted by atomic mass is 10.1. The van der Waals surface area contributed by atoms with Gasteiger partial charge in [-0.3, -0.25) is 4.79 Å². The highest BCUT2D eigenvalue weighted by Crippen LogP contribution is 2.24. The van der Waals surface area contributed by atoms with Crippen LogP contribution in [0.5, 0.6) is 0 Å². The first-order valence-corrected chi connectivity index (χ1v) is 10.1. The van der Waals surface area contributed by atoms with Crippen LogP contribution < -0.4 is 5.32 Å². The average Bonchev–Trinajstić information content (AvgIpc) is 2.18. The van der Waals surface area contributed by atoms with E-state index in [0.29, 0.717) is 5.67 Å². The maximum absolute atomic E-state index is 11.5. The largest absolute Gasteiger partial charge is 0.348 e. The molecule has 2 nitrogen and oxygen atoms in total. The number of allylic oxidation sites excluding steroid dienone is 1. The fourth-order valence-electron chi connectivity index (χ4n) is 2.07. The SMILES string of the molecule is CCCCCCC=C1C(=O)NC1[Si](C)(C)C. The first kappa shape index (κ1) is 13.5. The summed E-state index contributed by atoms with van der Waals surface area (Å²) in [6, 6.07) is 0. The van der Waals surface area contributed by atoms with Crippen molar-refractivity contribution in [2.45, 2.75) is 64.3 Å². The highest BCUT2D eigenvalue weighted by atomic mass is 28.3. The summed E-state index contributed by atoms with van der Waals surface area (Å²) in [4.78, 5) is 11.5. The number of hydrogen-bond acceptors (Lipinski definition) is 1. The molecular weight excluding hydrogens is 214 g/mol. The van der Waals surface area contributed by atoms with Crippen molar-refractivity contribution in [2.75, 3.05) is 0 Å². The number of β-lactam (4-membered cyclic amide) rings is 1. The van der Waals surface area contributed by atoms with Crippen LogP contribution in [-0.2, 0) is 4.79 Å². The van der Waals surface area contributed by atoms with E-state index in [-0.39, 0.29) is 5.91 Å². The lowest BCUT2D eigenvalue weighted by Crippen LogP contribution is -2.63. The summed E-state index contributed by atoms with van der Waals surface area (Å²) in [6.45, 7) is 9.14. The Bertz CT molecular complexity index is 278. The Morgan fingerprint density at radius 3 is 2.44 bits per heavy atom. The monoisotopic (exact) mass is 239 g/mol. The third-order valence-corrected chi connectivity index (χ3v) is 5.32. The van der Waals surface area contributed by atoms with Crippen LogP contribution in [0.3, 0.4) is 0 Å². The van der Waals surface area contributed by atoms with Crippen LogP contribution in [0.4, 0.5) is 0 Å². The summed E-state index contributed by atoms with van der Waals surface area (Å²) in [5, 5.41) is 3.04. The molecule has 0 saturated carbocycles. The van der Waals surface area contributed by atoms with Gasteiger partial charge < -0.3 is 5.32 Å². The van der Waals surface area contributed by atoms with Crippen LogP contribution in [0, 0.1) is 0 Å². The van der Waals surface area contributed by atoms with Gasteiger partial charge in [0.15, 0.2) is 0 Å². The Morgan fingerprint density at radius 2 is 1.94 bits per heavy atom. The van der Waals surface area contributed by atoms with Gasteiger partial charge in [-0.1, -0.05) is 51.9 Å². The molecule has 92 valence electrons. The first-order valence-electron chi connectivity index (χ1n) is 6.47. The zero-order chi connectivity index (χ0) is 12.2. The molecule has 1 saturated heterocycles. The molecule has 1 amide bonds. The van der Waals surface area contributed by atoms with Crippen LogP contribution in [0.2, 0.25) is 19.6 Å². The molecule has 1 fully saturated rings. The lowest BCUT2D eigenvalue weighted by molar-refractivity contribution is -0.121. The van der Waals surface area contributed by atoms with Crippen molar-refractivity contribution in [1.29, 1.82) is 0 Å². The van der Waals surface area contributed by atoms with E-state index in [4.69, 9.17) is 0 Å². The summed E-state index contributed by atoms with van der Waals surface area (Å²) < 4.78 is 0. The van der Waals surface area contributed by atoms with Crippen LogP contribution in [0.1, 0.15) is 39.0 Å². The van der Waals surface area contributed by atoms with E-state index in [2.05, 4.69) is 38.0 Å². The zero-order valence-corrected chi connectivity index (χ0v) is 12.1. The molecular formula is C13H25NOSi. The van der Waals surface area contributed by atoms with Gasteiger partial charge >= 0.3 is 0 Å². The van der Waals surface area contributed by atoms with Crippen molar-refractivity contribution < 1.29 is 4.79 Å². The molecule has 0 aromatic heterocycles. The van der Waals surface area contributed by atoms with E-state index in [1.54, 1.807) is 0 Å². The molecule has 16 heavy (non-hydrogen) atoms. The van der Waals surface area contributed by atoms with Gasteiger partial charge in [-0.05, 0) is 12.8 Å². The standard InChI is InChI=1S/C13H25NOSi/c1-5-6-7-8-9-10-11-12(15)14-13(11)16(2,3)4/h10,13H,5-9H2,1-4H3,(H,14,15). The number of rotatable bonds is 6. The molecule has 1 N–H and O–H groups in total. The van der Waals surface area contributed by atoms with Gasteiger partial charge in [-0.2, -0.15) is 0 Å². The van der Waals surface area contributed by atoms with Gasteiger partial charge in [0.1, 0.15) is 0 Å². The fourth-order valence-corrected chi connectivity index (χ4v) is 3.81. The zero-order valence-electron chi connectivity index (χ0n) is 11.1. The molecule has 0 aliphatic carbocycles. The van der Waals surface area contributed by atoms with Gasteiger partial charge in [-0.15, -0.1) is 0 Å². The quantitative estimate of drug-likeness (QED) is 0.328. The minimum atomic E-state index is -1.25. The van der Waals surface area contributed by atoms with Crippen LogP contribution >= 0.6 is 0 Å². The minimum Gasteiger partial charge on any atom is -0.348 e. The van der Waals surface area contributed by atoms with Crippen LogP contribution in [0.15, 0.2) is 11.6 Å². The molecule has 0 spiro atoms. The summed E-state index contributed by atoms with van der Waals surface area (Å²) in [5.74, 6) is 0.169. The van der Waals surface area contributed by atoms with Gasteiger partial charge in [0, 0.05) is 5.57 Å². The molecule has 1 aliphatic heterocycles. The third kappa shape index (κ3) is 3.48. The van der Waals surface area contributed by atoms with Crippen molar-refractivity contribution >= 4 is 14.0 Å². The third-order valence-electron chi connectivity index (χ3n) is 3.14. The molecule has 1 heterocycles. The van der Waals surface area contributed by atoms with Crippen molar-refractivity contribution in [3.8, 4) is 0 Å². The van der Waals surface area contributed by atoms with Crippen molar-refractivity contribution in [1.82, 2.24) is 5.32 Å². The topological polar surface area (TPSA) is 29.1 Å². The molecule has 1 rings (SSSR count). The molecule has 1 aliphatic rings. The van der Waals surface area contributed by atoms with Gasteiger partial charge in [-0.25, -0.2) is 0 Å². The molecule has 0 aromatic rings. The predicted octanol–water partition coefficient (Wildman–Crippen LogP) is 3.26. The molecule has 0 aromatic carbocycles. The first-order chi connectivity index (χ1) is 7.46. The number of nitrogens with one attached hydrogen (secondary N) is 1. The number of carbonyl (C=O) groups is 1. The summed E-state index contributed by atoms with van der Waals surface area (Å²) in [6.07, 6.45) is 8.35. The second-order valence-electron chi connectivity index (χ2n) is 5.78. The molecule has 0 radical (unpaired) electrons. The van der Waals surface area contributed by atoms with E-state index in [1.807, 2.05) is 0 Å². The Morgan fingerprint density at radius 1 is 1.25 bits per heavy atom. The maximum Gasteiger partial charge on any atom is 0.248 e. The van der Waals surface area contributed by atoms with E-state index < -0.39 is 8.07 Å².